The van der Waals surface area contributed by atoms with Crippen molar-refractivity contribution < 1.29 is 35.9 Å². The van der Waals surface area contributed by atoms with Crippen LogP contribution in [0.15, 0.2) is 44.8 Å². The fourth-order valence-corrected chi connectivity index (χ4v) is 4.51. The van der Waals surface area contributed by atoms with Crippen LogP contribution < -0.4 is 10.0 Å². The third-order valence-corrected chi connectivity index (χ3v) is 6.27. The monoisotopic (exact) mass is 528 g/mol. The lowest BCUT2D eigenvalue weighted by Crippen LogP contribution is -2.28. The molecule has 3 N–H and O–H groups in total. The molecule has 1 aromatic heterocycles. The SMILES string of the molecule is Cc1ccc([C@H](N=C2NS(=O)(=O)C=C2Nc2ccc(C(F)(F)F)c(C(=O)N(C)C)c2O)C(C)(C)C)o1. The van der Waals surface area contributed by atoms with Gasteiger partial charge >= 0.3 is 6.18 Å². The van der Waals surface area contributed by atoms with Crippen molar-refractivity contribution in [3.05, 3.63) is 58.0 Å². The highest BCUT2D eigenvalue weighted by Gasteiger charge is 2.39. The van der Waals surface area contributed by atoms with Crippen LogP contribution >= 0.6 is 0 Å². The Bertz CT molecular complexity index is 1350. The maximum absolute atomic E-state index is 13.5. The van der Waals surface area contributed by atoms with Gasteiger partial charge in [-0.1, -0.05) is 20.8 Å². The average Bonchev–Trinajstić information content (AvgIpc) is 3.26. The molecule has 1 aliphatic heterocycles. The molecule has 1 atom stereocenters. The summed E-state index contributed by atoms with van der Waals surface area (Å²) in [6, 6.07) is 4.36. The molecule has 0 unspecified atom stereocenters. The fraction of sp³-hybridized carbons (Fsp3) is 0.391. The Morgan fingerprint density at radius 3 is 2.31 bits per heavy atom. The molecule has 0 bridgehead atoms. The molecule has 0 saturated heterocycles. The van der Waals surface area contributed by atoms with Crippen molar-refractivity contribution in [2.45, 2.75) is 39.9 Å². The highest BCUT2D eigenvalue weighted by molar-refractivity contribution is 7.93. The number of sulfonamides is 1. The molecular formula is C23H27F3N4O5S. The van der Waals surface area contributed by atoms with Gasteiger partial charge in [0.05, 0.1) is 27.9 Å². The van der Waals surface area contributed by atoms with Gasteiger partial charge in [-0.15, -0.1) is 0 Å². The molecule has 1 amide bonds. The number of anilines is 1. The minimum atomic E-state index is -4.91. The van der Waals surface area contributed by atoms with Gasteiger partial charge in [0, 0.05) is 14.1 Å². The molecule has 1 aliphatic rings. The second-order valence-electron chi connectivity index (χ2n) is 9.58. The van der Waals surface area contributed by atoms with Crippen molar-refractivity contribution in [2.75, 3.05) is 19.4 Å². The molecule has 0 aliphatic carbocycles. The number of phenolic OH excluding ortho intramolecular Hbond substituents is 1. The number of nitrogens with zero attached hydrogens (tertiary/aromatic N) is 2. The van der Waals surface area contributed by atoms with Crippen molar-refractivity contribution in [2.24, 2.45) is 10.4 Å². The lowest BCUT2D eigenvalue weighted by Gasteiger charge is -2.26. The van der Waals surface area contributed by atoms with Gasteiger partial charge in [-0.3, -0.25) is 14.5 Å². The van der Waals surface area contributed by atoms with Gasteiger partial charge in [-0.05, 0) is 36.6 Å². The van der Waals surface area contributed by atoms with Crippen molar-refractivity contribution in [1.29, 1.82) is 0 Å². The van der Waals surface area contributed by atoms with Crippen LogP contribution in [0, 0.1) is 12.3 Å². The third kappa shape index (κ3) is 5.66. The van der Waals surface area contributed by atoms with Gasteiger partial charge in [0.1, 0.15) is 17.6 Å². The van der Waals surface area contributed by atoms with Crippen LogP contribution in [0.1, 0.15) is 54.3 Å². The molecule has 13 heteroatoms. The van der Waals surface area contributed by atoms with E-state index in [1.807, 2.05) is 20.8 Å². The number of rotatable bonds is 5. The van der Waals surface area contributed by atoms with Gasteiger partial charge in [-0.25, -0.2) is 8.42 Å². The molecular weight excluding hydrogens is 501 g/mol. The quantitative estimate of drug-likeness (QED) is 0.495. The summed E-state index contributed by atoms with van der Waals surface area (Å²) in [6.07, 6.45) is -4.91. The maximum Gasteiger partial charge on any atom is 0.417 e. The molecule has 196 valence electrons. The van der Waals surface area contributed by atoms with Gasteiger partial charge in [0.15, 0.2) is 11.6 Å². The van der Waals surface area contributed by atoms with Crippen molar-refractivity contribution in [3.63, 3.8) is 0 Å². The minimum absolute atomic E-state index is 0.133. The highest BCUT2D eigenvalue weighted by atomic mass is 32.2. The number of nitrogens with one attached hydrogen (secondary N) is 2. The molecule has 2 aromatic rings. The predicted molar refractivity (Wildman–Crippen MR) is 128 cm³/mol. The molecule has 1 aromatic carbocycles. The maximum atomic E-state index is 13.5. The lowest BCUT2D eigenvalue weighted by molar-refractivity contribution is -0.138. The normalized spacial score (nSPS) is 17.5. The Morgan fingerprint density at radius 2 is 1.81 bits per heavy atom. The number of phenols is 1. The zero-order chi connectivity index (χ0) is 27.2. The number of aliphatic imine (C=N–C) groups is 1. The number of hydrogen-bond acceptors (Lipinski definition) is 7. The topological polar surface area (TPSA) is 124 Å². The van der Waals surface area contributed by atoms with Crippen LogP contribution in [0.4, 0.5) is 18.9 Å². The number of hydrogen-bond donors (Lipinski definition) is 3. The Balaban J connectivity index is 2.11. The first-order chi connectivity index (χ1) is 16.4. The number of carbonyl (C=O) groups excluding carboxylic acids is 1. The van der Waals surface area contributed by atoms with E-state index in [2.05, 4.69) is 15.0 Å². The number of alkyl halides is 3. The second kappa shape index (κ2) is 9.19. The number of halogens is 3. The molecule has 36 heavy (non-hydrogen) atoms. The van der Waals surface area contributed by atoms with Gasteiger partial charge in [0.2, 0.25) is 0 Å². The lowest BCUT2D eigenvalue weighted by atomic mass is 9.85. The number of aryl methyl sites for hydroxylation is 1. The number of amidine groups is 1. The number of furan rings is 1. The number of benzene rings is 1. The Labute approximate surface area is 206 Å². The summed E-state index contributed by atoms with van der Waals surface area (Å²) < 4.78 is 73.3. The Morgan fingerprint density at radius 1 is 1.17 bits per heavy atom. The highest BCUT2D eigenvalue weighted by Crippen LogP contribution is 2.41. The van der Waals surface area contributed by atoms with E-state index in [4.69, 9.17) is 4.42 Å². The fourth-order valence-electron chi connectivity index (χ4n) is 3.54. The molecule has 0 spiro atoms. The first-order valence-corrected chi connectivity index (χ1v) is 12.3. The minimum Gasteiger partial charge on any atom is -0.505 e. The van der Waals surface area contributed by atoms with Crippen LogP contribution in [0.2, 0.25) is 0 Å². The van der Waals surface area contributed by atoms with Crippen LogP contribution in [0.25, 0.3) is 0 Å². The molecule has 0 radical (unpaired) electrons. The Kier molecular flexibility index (Phi) is 6.92. The zero-order valence-electron chi connectivity index (χ0n) is 20.5. The van der Waals surface area contributed by atoms with Crippen LogP contribution in [-0.2, 0) is 16.2 Å². The van der Waals surface area contributed by atoms with E-state index in [1.54, 1.807) is 19.1 Å². The van der Waals surface area contributed by atoms with E-state index in [-0.39, 0.29) is 17.2 Å². The van der Waals surface area contributed by atoms with E-state index in [0.29, 0.717) is 17.6 Å². The van der Waals surface area contributed by atoms with E-state index in [9.17, 15) is 31.5 Å². The predicted octanol–water partition coefficient (Wildman–Crippen LogP) is 4.39. The van der Waals surface area contributed by atoms with Gasteiger partial charge in [-0.2, -0.15) is 13.2 Å². The van der Waals surface area contributed by atoms with Crippen LogP contribution in [0.5, 0.6) is 5.75 Å². The summed E-state index contributed by atoms with van der Waals surface area (Å²) >= 11 is 0. The summed E-state index contributed by atoms with van der Waals surface area (Å²) in [4.78, 5) is 17.9. The van der Waals surface area contributed by atoms with E-state index in [1.165, 1.54) is 14.1 Å². The molecule has 2 heterocycles. The molecule has 3 rings (SSSR count). The van der Waals surface area contributed by atoms with Gasteiger partial charge in [0.25, 0.3) is 15.9 Å². The first-order valence-electron chi connectivity index (χ1n) is 10.7. The third-order valence-electron chi connectivity index (χ3n) is 5.25. The molecule has 0 saturated carbocycles. The van der Waals surface area contributed by atoms with Crippen LogP contribution in [0.3, 0.4) is 0 Å². The van der Waals surface area contributed by atoms with Crippen molar-refractivity contribution in [3.8, 4) is 5.75 Å². The smallest absolute Gasteiger partial charge is 0.417 e. The summed E-state index contributed by atoms with van der Waals surface area (Å²) in [6.45, 7) is 7.38. The van der Waals surface area contributed by atoms with Crippen molar-refractivity contribution >= 4 is 27.5 Å². The van der Waals surface area contributed by atoms with Crippen molar-refractivity contribution in [1.82, 2.24) is 9.62 Å². The summed E-state index contributed by atoms with van der Waals surface area (Å²) in [5.41, 5.74) is -3.26. The zero-order valence-corrected chi connectivity index (χ0v) is 21.3. The van der Waals surface area contributed by atoms with Gasteiger partial charge < -0.3 is 19.7 Å². The number of aromatic hydroxyl groups is 1. The van der Waals surface area contributed by atoms with E-state index < -0.39 is 50.4 Å². The molecule has 9 nitrogen and oxygen atoms in total. The molecule has 0 fully saturated rings. The summed E-state index contributed by atoms with van der Waals surface area (Å²) in [5, 5.41) is 14.1. The Hall–Kier alpha value is -3.48. The number of carbonyl (C=O) groups is 1. The average molecular weight is 529 g/mol. The number of amides is 1. The standard InChI is InChI=1S/C23H27F3N4O5S/c1-12-7-10-16(35-12)19(22(2,3)4)28-20-15(11-36(33,34)29-20)27-14-9-8-13(23(24,25)26)17(18(14)31)21(32)30(5)6/h7-11,19,27,31H,1-6H3,(H,28,29)/t19-/m0/s1. The largest absolute Gasteiger partial charge is 0.505 e. The van der Waals surface area contributed by atoms with E-state index >= 15 is 0 Å². The van der Waals surface area contributed by atoms with Crippen LogP contribution in [-0.4, -0.2) is 44.3 Å². The summed E-state index contributed by atoms with van der Waals surface area (Å²) in [5.74, 6) is -1.09. The summed E-state index contributed by atoms with van der Waals surface area (Å²) in [7, 11) is -1.51. The van der Waals surface area contributed by atoms with E-state index in [0.717, 1.165) is 16.4 Å². The first kappa shape index (κ1) is 27.1. The second-order valence-corrected chi connectivity index (χ2v) is 11.1.